The van der Waals surface area contributed by atoms with Crippen molar-refractivity contribution in [2.24, 2.45) is 0 Å². The van der Waals surface area contributed by atoms with Crippen LogP contribution in [0.2, 0.25) is 0 Å². The van der Waals surface area contributed by atoms with Gasteiger partial charge in [0.15, 0.2) is 0 Å². The van der Waals surface area contributed by atoms with Gasteiger partial charge in [-0.15, -0.1) is 0 Å². The zero-order chi connectivity index (χ0) is 13.0. The van der Waals surface area contributed by atoms with Gasteiger partial charge in [0.2, 0.25) is 5.95 Å². The van der Waals surface area contributed by atoms with Gasteiger partial charge in [-0.05, 0) is 19.1 Å². The van der Waals surface area contributed by atoms with Crippen molar-refractivity contribution in [1.82, 2.24) is 9.97 Å². The predicted octanol–water partition coefficient (Wildman–Crippen LogP) is 1.89. The van der Waals surface area contributed by atoms with Crippen LogP contribution in [0.3, 0.4) is 0 Å². The molecule has 0 atom stereocenters. The molecule has 18 heavy (non-hydrogen) atoms. The monoisotopic (exact) mass is 240 g/mol. The normalized spacial score (nSPS) is 9.78. The third-order valence-electron chi connectivity index (χ3n) is 2.51. The number of aromatic nitrogens is 2. The van der Waals surface area contributed by atoms with Crippen LogP contribution in [0, 0.1) is 18.3 Å². The Morgan fingerprint density at radius 3 is 2.72 bits per heavy atom. The Morgan fingerprint density at radius 2 is 2.11 bits per heavy atom. The number of H-pyrrole nitrogens is 1. The fourth-order valence-corrected chi connectivity index (χ4v) is 1.62. The molecule has 0 radical (unpaired) electrons. The second-order valence-corrected chi connectivity index (χ2v) is 3.80. The standard InChI is InChI=1S/C13H12N4O/c1-9-11(7-8-14)12(18)17-13(15-9)16-10-5-3-2-4-6-10/h2-6H,7H2,1H3,(H2,15,16,17,18). The molecule has 1 aromatic carbocycles. The first-order valence-corrected chi connectivity index (χ1v) is 5.49. The minimum Gasteiger partial charge on any atom is -0.326 e. The molecule has 0 saturated carbocycles. The Hall–Kier alpha value is -2.61. The van der Waals surface area contributed by atoms with E-state index in [1.807, 2.05) is 36.4 Å². The quantitative estimate of drug-likeness (QED) is 0.858. The first-order valence-electron chi connectivity index (χ1n) is 5.49. The lowest BCUT2D eigenvalue weighted by Gasteiger charge is -2.07. The minimum atomic E-state index is -0.275. The van der Waals surface area contributed by atoms with E-state index in [0.29, 0.717) is 17.2 Å². The average Bonchev–Trinajstić information content (AvgIpc) is 2.35. The van der Waals surface area contributed by atoms with Crippen LogP contribution in [0.4, 0.5) is 11.6 Å². The van der Waals surface area contributed by atoms with Crippen molar-refractivity contribution < 1.29 is 0 Å². The van der Waals surface area contributed by atoms with E-state index in [9.17, 15) is 4.79 Å². The summed E-state index contributed by atoms with van der Waals surface area (Å²) in [6.45, 7) is 1.72. The molecule has 0 aliphatic rings. The fourth-order valence-electron chi connectivity index (χ4n) is 1.62. The summed E-state index contributed by atoms with van der Waals surface area (Å²) in [5, 5.41) is 11.6. The van der Waals surface area contributed by atoms with Crippen LogP contribution in [-0.2, 0) is 6.42 Å². The van der Waals surface area contributed by atoms with Crippen LogP contribution in [0.5, 0.6) is 0 Å². The SMILES string of the molecule is Cc1nc(Nc2ccccc2)[nH]c(=O)c1CC#N. The van der Waals surface area contributed by atoms with Crippen molar-refractivity contribution in [1.29, 1.82) is 5.26 Å². The molecule has 0 amide bonds. The van der Waals surface area contributed by atoms with E-state index in [4.69, 9.17) is 5.26 Å². The topological polar surface area (TPSA) is 81.6 Å². The molecule has 2 rings (SSSR count). The van der Waals surface area contributed by atoms with Crippen molar-refractivity contribution in [2.75, 3.05) is 5.32 Å². The molecule has 5 heteroatoms. The van der Waals surface area contributed by atoms with Crippen molar-refractivity contribution in [3.63, 3.8) is 0 Å². The van der Waals surface area contributed by atoms with Gasteiger partial charge < -0.3 is 5.32 Å². The van der Waals surface area contributed by atoms with Gasteiger partial charge >= 0.3 is 0 Å². The molecule has 0 aliphatic carbocycles. The van der Waals surface area contributed by atoms with Crippen LogP contribution < -0.4 is 10.9 Å². The molecule has 1 heterocycles. The number of nitrogens with zero attached hydrogens (tertiary/aromatic N) is 2. The predicted molar refractivity (Wildman–Crippen MR) is 68.6 cm³/mol. The second kappa shape index (κ2) is 5.15. The van der Waals surface area contributed by atoms with Crippen LogP contribution in [0.15, 0.2) is 35.1 Å². The Kier molecular flexibility index (Phi) is 3.39. The van der Waals surface area contributed by atoms with Crippen molar-refractivity contribution in [2.45, 2.75) is 13.3 Å². The number of nitrogens with one attached hydrogen (secondary N) is 2. The Bertz CT molecular complexity index is 640. The summed E-state index contributed by atoms with van der Waals surface area (Å²) in [6.07, 6.45) is 0.0692. The number of aryl methyl sites for hydroxylation is 1. The summed E-state index contributed by atoms with van der Waals surface area (Å²) in [5.41, 5.74) is 1.55. The van der Waals surface area contributed by atoms with E-state index in [-0.39, 0.29) is 12.0 Å². The molecule has 0 aliphatic heterocycles. The van der Waals surface area contributed by atoms with Crippen LogP contribution in [-0.4, -0.2) is 9.97 Å². The first-order chi connectivity index (χ1) is 8.70. The Labute approximate surface area is 104 Å². The van der Waals surface area contributed by atoms with Gasteiger partial charge in [-0.25, -0.2) is 4.98 Å². The van der Waals surface area contributed by atoms with Crippen LogP contribution >= 0.6 is 0 Å². The number of anilines is 2. The summed E-state index contributed by atoms with van der Waals surface area (Å²) in [7, 11) is 0. The van der Waals surface area contributed by atoms with Gasteiger partial charge in [0.05, 0.1) is 23.7 Å². The van der Waals surface area contributed by atoms with E-state index < -0.39 is 0 Å². The van der Waals surface area contributed by atoms with Crippen molar-refractivity contribution in [3.8, 4) is 6.07 Å². The number of rotatable bonds is 3. The van der Waals surface area contributed by atoms with Gasteiger partial charge in [0.1, 0.15) is 0 Å². The molecule has 0 fully saturated rings. The third kappa shape index (κ3) is 2.55. The molecule has 0 spiro atoms. The van der Waals surface area contributed by atoms with Crippen LogP contribution in [0.25, 0.3) is 0 Å². The number of hydrogen-bond acceptors (Lipinski definition) is 4. The van der Waals surface area contributed by atoms with Gasteiger partial charge in [0.25, 0.3) is 5.56 Å². The molecule has 90 valence electrons. The number of nitriles is 1. The lowest BCUT2D eigenvalue weighted by atomic mass is 10.2. The third-order valence-corrected chi connectivity index (χ3v) is 2.51. The molecular weight excluding hydrogens is 228 g/mol. The highest BCUT2D eigenvalue weighted by atomic mass is 16.1. The number of benzene rings is 1. The molecule has 5 nitrogen and oxygen atoms in total. The van der Waals surface area contributed by atoms with Gasteiger partial charge in [-0.2, -0.15) is 5.26 Å². The highest BCUT2D eigenvalue weighted by Gasteiger charge is 2.07. The minimum absolute atomic E-state index is 0.0692. The van der Waals surface area contributed by atoms with Crippen molar-refractivity contribution >= 4 is 11.6 Å². The maximum atomic E-state index is 11.8. The Balaban J connectivity index is 2.32. The van der Waals surface area contributed by atoms with E-state index in [1.165, 1.54) is 0 Å². The maximum absolute atomic E-state index is 11.8. The van der Waals surface area contributed by atoms with Gasteiger partial charge in [0, 0.05) is 5.69 Å². The molecule has 2 aromatic rings. The van der Waals surface area contributed by atoms with E-state index in [2.05, 4.69) is 15.3 Å². The molecule has 0 unspecified atom stereocenters. The molecular formula is C13H12N4O. The van der Waals surface area contributed by atoms with Crippen LogP contribution in [0.1, 0.15) is 11.3 Å². The highest BCUT2D eigenvalue weighted by Crippen LogP contribution is 2.11. The van der Waals surface area contributed by atoms with Crippen molar-refractivity contribution in [3.05, 3.63) is 51.9 Å². The largest absolute Gasteiger partial charge is 0.326 e. The zero-order valence-corrected chi connectivity index (χ0v) is 9.90. The average molecular weight is 240 g/mol. The van der Waals surface area contributed by atoms with E-state index in [0.717, 1.165) is 5.69 Å². The zero-order valence-electron chi connectivity index (χ0n) is 9.90. The number of hydrogen-bond donors (Lipinski definition) is 2. The molecule has 1 aromatic heterocycles. The van der Waals surface area contributed by atoms with Gasteiger partial charge in [-0.1, -0.05) is 18.2 Å². The van der Waals surface area contributed by atoms with E-state index >= 15 is 0 Å². The summed E-state index contributed by atoms with van der Waals surface area (Å²) in [6, 6.07) is 11.4. The summed E-state index contributed by atoms with van der Waals surface area (Å²) in [4.78, 5) is 18.6. The summed E-state index contributed by atoms with van der Waals surface area (Å²) >= 11 is 0. The summed E-state index contributed by atoms with van der Waals surface area (Å²) < 4.78 is 0. The smallest absolute Gasteiger partial charge is 0.256 e. The number of para-hydroxylation sites is 1. The highest BCUT2D eigenvalue weighted by molar-refractivity contribution is 5.52. The lowest BCUT2D eigenvalue weighted by Crippen LogP contribution is -2.17. The first kappa shape index (κ1) is 11.9. The maximum Gasteiger partial charge on any atom is 0.256 e. The Morgan fingerprint density at radius 1 is 1.39 bits per heavy atom. The molecule has 2 N–H and O–H groups in total. The summed E-state index contributed by atoms with van der Waals surface area (Å²) in [5.74, 6) is 0.380. The molecule has 0 bridgehead atoms. The second-order valence-electron chi connectivity index (χ2n) is 3.80. The number of aromatic amines is 1. The fraction of sp³-hybridized carbons (Fsp3) is 0.154. The van der Waals surface area contributed by atoms with E-state index in [1.54, 1.807) is 6.92 Å². The van der Waals surface area contributed by atoms with Gasteiger partial charge in [-0.3, -0.25) is 9.78 Å². The molecule has 0 saturated heterocycles. The lowest BCUT2D eigenvalue weighted by molar-refractivity contribution is 1.00.